The number of carbonyl (C=O) groups is 1. The van der Waals surface area contributed by atoms with Crippen LogP contribution < -0.4 is 10.1 Å². The van der Waals surface area contributed by atoms with Crippen LogP contribution in [0.15, 0.2) is 29.2 Å². The lowest BCUT2D eigenvalue weighted by Gasteiger charge is -2.34. The molecule has 0 spiro atoms. The van der Waals surface area contributed by atoms with E-state index in [1.54, 1.807) is 31.4 Å². The normalized spacial score (nSPS) is 23.1. The van der Waals surface area contributed by atoms with Gasteiger partial charge in [0.2, 0.25) is 15.9 Å². The van der Waals surface area contributed by atoms with Crippen LogP contribution in [0, 0.1) is 5.92 Å². The topological polar surface area (TPSA) is 79.0 Å². The number of nitrogens with zero attached hydrogens (tertiary/aromatic N) is 2. The first-order valence-electron chi connectivity index (χ1n) is 9.53. The minimum atomic E-state index is -3.60. The summed E-state index contributed by atoms with van der Waals surface area (Å²) in [6.07, 6.45) is 3.32. The highest BCUT2D eigenvalue weighted by atomic mass is 32.2. The second-order valence-electron chi connectivity index (χ2n) is 7.46. The number of methoxy groups -OCH3 is 1. The molecular formula is C19H29N3O4S. The molecule has 2 fully saturated rings. The van der Waals surface area contributed by atoms with Crippen LogP contribution in [0.4, 0.5) is 0 Å². The van der Waals surface area contributed by atoms with E-state index in [9.17, 15) is 13.2 Å². The summed E-state index contributed by atoms with van der Waals surface area (Å²) in [4.78, 5) is 15.2. The molecule has 0 unspecified atom stereocenters. The number of amides is 1. The van der Waals surface area contributed by atoms with Gasteiger partial charge in [0.25, 0.3) is 0 Å². The minimum Gasteiger partial charge on any atom is -0.497 e. The molecule has 1 atom stereocenters. The van der Waals surface area contributed by atoms with Gasteiger partial charge in [-0.3, -0.25) is 4.79 Å². The van der Waals surface area contributed by atoms with Crippen molar-refractivity contribution in [2.45, 2.75) is 36.6 Å². The summed E-state index contributed by atoms with van der Waals surface area (Å²) in [5.74, 6) is 0.314. The molecule has 1 amide bonds. The fourth-order valence-electron chi connectivity index (χ4n) is 3.74. The van der Waals surface area contributed by atoms with Gasteiger partial charge in [-0.05, 0) is 70.1 Å². The fraction of sp³-hybridized carbons (Fsp3) is 0.632. The van der Waals surface area contributed by atoms with Gasteiger partial charge in [0.05, 0.1) is 17.9 Å². The van der Waals surface area contributed by atoms with Crippen molar-refractivity contribution in [3.63, 3.8) is 0 Å². The molecule has 0 radical (unpaired) electrons. The Labute approximate surface area is 161 Å². The smallest absolute Gasteiger partial charge is 0.243 e. The summed E-state index contributed by atoms with van der Waals surface area (Å²) in [5.41, 5.74) is 0. The summed E-state index contributed by atoms with van der Waals surface area (Å²) < 4.78 is 32.4. The maximum Gasteiger partial charge on any atom is 0.243 e. The molecule has 27 heavy (non-hydrogen) atoms. The van der Waals surface area contributed by atoms with E-state index in [4.69, 9.17) is 4.74 Å². The molecule has 1 aromatic carbocycles. The zero-order chi connectivity index (χ0) is 19.4. The lowest BCUT2D eigenvalue weighted by atomic mass is 9.97. The van der Waals surface area contributed by atoms with E-state index < -0.39 is 10.0 Å². The lowest BCUT2D eigenvalue weighted by molar-refractivity contribution is -0.127. The number of hydrogen-bond acceptors (Lipinski definition) is 5. The molecule has 7 nitrogen and oxygen atoms in total. The molecular weight excluding hydrogens is 366 g/mol. The quantitative estimate of drug-likeness (QED) is 0.813. The molecule has 2 aliphatic heterocycles. The average Bonchev–Trinajstić information content (AvgIpc) is 2.70. The van der Waals surface area contributed by atoms with Crippen LogP contribution >= 0.6 is 0 Å². The van der Waals surface area contributed by atoms with Gasteiger partial charge in [0.15, 0.2) is 0 Å². The van der Waals surface area contributed by atoms with Crippen molar-refractivity contribution in [1.82, 2.24) is 14.5 Å². The zero-order valence-corrected chi connectivity index (χ0v) is 16.9. The van der Waals surface area contributed by atoms with Gasteiger partial charge >= 0.3 is 0 Å². The number of sulfonamides is 1. The molecule has 2 aliphatic rings. The highest BCUT2D eigenvalue weighted by molar-refractivity contribution is 7.89. The molecule has 8 heteroatoms. The van der Waals surface area contributed by atoms with Gasteiger partial charge < -0.3 is 15.0 Å². The van der Waals surface area contributed by atoms with E-state index in [0.29, 0.717) is 18.7 Å². The van der Waals surface area contributed by atoms with E-state index in [0.717, 1.165) is 32.4 Å². The average molecular weight is 396 g/mol. The van der Waals surface area contributed by atoms with Crippen LogP contribution in [0.2, 0.25) is 0 Å². The molecule has 150 valence electrons. The third-order valence-electron chi connectivity index (χ3n) is 5.52. The van der Waals surface area contributed by atoms with Gasteiger partial charge in [0, 0.05) is 19.1 Å². The maximum atomic E-state index is 12.9. The van der Waals surface area contributed by atoms with Gasteiger partial charge in [-0.15, -0.1) is 0 Å². The van der Waals surface area contributed by atoms with Gasteiger partial charge in [-0.2, -0.15) is 4.31 Å². The van der Waals surface area contributed by atoms with E-state index >= 15 is 0 Å². The number of likely N-dealkylation sites (tertiary alicyclic amines) is 1. The molecule has 1 aromatic rings. The maximum absolute atomic E-state index is 12.9. The number of rotatable bonds is 5. The molecule has 2 heterocycles. The molecule has 2 saturated heterocycles. The van der Waals surface area contributed by atoms with Crippen LogP contribution in [0.3, 0.4) is 0 Å². The van der Waals surface area contributed by atoms with E-state index in [1.165, 1.54) is 4.31 Å². The predicted molar refractivity (Wildman–Crippen MR) is 103 cm³/mol. The third kappa shape index (κ3) is 4.80. The molecule has 0 bridgehead atoms. The molecule has 0 saturated carbocycles. The monoisotopic (exact) mass is 395 g/mol. The summed E-state index contributed by atoms with van der Waals surface area (Å²) >= 11 is 0. The van der Waals surface area contributed by atoms with E-state index in [1.807, 2.05) is 0 Å². The molecule has 0 aliphatic carbocycles. The van der Waals surface area contributed by atoms with Crippen LogP contribution in [-0.2, 0) is 14.8 Å². The molecule has 0 aromatic heterocycles. The molecule has 3 rings (SSSR count). The van der Waals surface area contributed by atoms with E-state index in [-0.39, 0.29) is 29.3 Å². The van der Waals surface area contributed by atoms with Crippen molar-refractivity contribution >= 4 is 15.9 Å². The first kappa shape index (κ1) is 20.1. The second kappa shape index (κ2) is 8.58. The Kier molecular flexibility index (Phi) is 6.39. The number of ether oxygens (including phenoxy) is 1. The van der Waals surface area contributed by atoms with Gasteiger partial charge in [-0.1, -0.05) is 0 Å². The predicted octanol–water partition coefficient (Wildman–Crippen LogP) is 1.31. The highest BCUT2D eigenvalue weighted by Gasteiger charge is 2.34. The Morgan fingerprint density at radius 1 is 1.11 bits per heavy atom. The van der Waals surface area contributed by atoms with Crippen LogP contribution in [-0.4, -0.2) is 69.9 Å². The van der Waals surface area contributed by atoms with Crippen LogP contribution in [0.1, 0.15) is 25.7 Å². The van der Waals surface area contributed by atoms with Crippen molar-refractivity contribution in [3.8, 4) is 5.75 Å². The fourth-order valence-corrected chi connectivity index (χ4v) is 5.27. The Bertz CT molecular complexity index is 743. The van der Waals surface area contributed by atoms with Gasteiger partial charge in [0.1, 0.15) is 5.75 Å². The Morgan fingerprint density at radius 3 is 2.41 bits per heavy atom. The van der Waals surface area contributed by atoms with E-state index in [2.05, 4.69) is 17.3 Å². The standard InChI is InChI=1S/C19H29N3O4S/c1-21-12-9-16(10-13-21)20-19(23)15-4-3-11-22(14-15)27(24,25)18-7-5-17(26-2)6-8-18/h5-8,15-16H,3-4,9-14H2,1-2H3,(H,20,23)/t15-/m0/s1. The number of benzene rings is 1. The summed E-state index contributed by atoms with van der Waals surface area (Å²) in [7, 11) is 0.0251. The summed E-state index contributed by atoms with van der Waals surface area (Å²) in [6.45, 7) is 2.65. The Balaban J connectivity index is 1.63. The van der Waals surface area contributed by atoms with Crippen molar-refractivity contribution in [2.75, 3.05) is 40.3 Å². The lowest BCUT2D eigenvalue weighted by Crippen LogP contribution is -2.49. The Hall–Kier alpha value is -1.64. The number of piperidine rings is 2. The Morgan fingerprint density at radius 2 is 1.78 bits per heavy atom. The van der Waals surface area contributed by atoms with Gasteiger partial charge in [-0.25, -0.2) is 8.42 Å². The van der Waals surface area contributed by atoms with Crippen molar-refractivity contribution < 1.29 is 17.9 Å². The summed E-state index contributed by atoms with van der Waals surface area (Å²) in [6, 6.07) is 6.58. The number of nitrogens with one attached hydrogen (secondary N) is 1. The number of carbonyl (C=O) groups excluding carboxylic acids is 1. The van der Waals surface area contributed by atoms with Crippen molar-refractivity contribution in [1.29, 1.82) is 0 Å². The zero-order valence-electron chi connectivity index (χ0n) is 16.1. The number of hydrogen-bond donors (Lipinski definition) is 1. The minimum absolute atomic E-state index is 0.0146. The third-order valence-corrected chi connectivity index (χ3v) is 7.40. The first-order chi connectivity index (χ1) is 12.9. The second-order valence-corrected chi connectivity index (χ2v) is 9.40. The van der Waals surface area contributed by atoms with Crippen molar-refractivity contribution in [2.24, 2.45) is 5.92 Å². The van der Waals surface area contributed by atoms with Crippen LogP contribution in [0.5, 0.6) is 5.75 Å². The van der Waals surface area contributed by atoms with Crippen LogP contribution in [0.25, 0.3) is 0 Å². The largest absolute Gasteiger partial charge is 0.497 e. The molecule has 1 N–H and O–H groups in total. The highest BCUT2D eigenvalue weighted by Crippen LogP contribution is 2.25. The SMILES string of the molecule is COc1ccc(S(=O)(=O)N2CCC[C@H](C(=O)NC3CCN(C)CC3)C2)cc1. The summed E-state index contributed by atoms with van der Waals surface area (Å²) in [5, 5.41) is 3.13. The first-order valence-corrected chi connectivity index (χ1v) is 11.0. The van der Waals surface area contributed by atoms with Crippen molar-refractivity contribution in [3.05, 3.63) is 24.3 Å².